The van der Waals surface area contributed by atoms with Crippen molar-refractivity contribution in [3.63, 3.8) is 0 Å². The van der Waals surface area contributed by atoms with Crippen LogP contribution in [0.2, 0.25) is 0 Å². The molecule has 0 aliphatic heterocycles. The van der Waals surface area contributed by atoms with Gasteiger partial charge in [-0.1, -0.05) is 68.8 Å². The largest absolute Gasteiger partial charge is 0.489 e. The summed E-state index contributed by atoms with van der Waals surface area (Å²) in [5.74, 6) is 0.700. The number of rotatable bonds is 6. The molecule has 0 spiro atoms. The Morgan fingerprint density at radius 1 is 0.938 bits per heavy atom. The molecule has 0 radical (unpaired) electrons. The number of likely N-dealkylation sites (N-methyl/N-ethyl adjacent to an activating group) is 1. The molecule has 32 heavy (non-hydrogen) atoms. The Hall–Kier alpha value is -3.33. The van der Waals surface area contributed by atoms with E-state index < -0.39 is 0 Å². The van der Waals surface area contributed by atoms with E-state index in [9.17, 15) is 4.79 Å². The van der Waals surface area contributed by atoms with Crippen LogP contribution in [0.1, 0.15) is 49.4 Å². The topological polar surface area (TPSA) is 38.3 Å². The van der Waals surface area contributed by atoms with Crippen LogP contribution in [0.4, 0.5) is 0 Å². The van der Waals surface area contributed by atoms with Gasteiger partial charge in [-0.3, -0.25) is 4.79 Å². The molecule has 1 amide bonds. The summed E-state index contributed by atoms with van der Waals surface area (Å²) >= 11 is 0. The van der Waals surface area contributed by atoms with Gasteiger partial charge in [0, 0.05) is 13.1 Å². The van der Waals surface area contributed by atoms with Gasteiger partial charge >= 0.3 is 0 Å². The van der Waals surface area contributed by atoms with Crippen molar-refractivity contribution in [3.05, 3.63) is 95.1 Å². The van der Waals surface area contributed by atoms with Crippen molar-refractivity contribution >= 4 is 11.5 Å². The van der Waals surface area contributed by atoms with Crippen molar-refractivity contribution in [2.75, 3.05) is 7.05 Å². The molecule has 0 atom stereocenters. The van der Waals surface area contributed by atoms with E-state index in [2.05, 4.69) is 75.5 Å². The molecular formula is C29H35NO2. The molecule has 0 aliphatic carbocycles. The van der Waals surface area contributed by atoms with Gasteiger partial charge in [0.05, 0.1) is 0 Å². The normalized spacial score (nSPS) is 10.8. The van der Waals surface area contributed by atoms with Gasteiger partial charge in [-0.05, 0) is 77.9 Å². The third-order valence-electron chi connectivity index (χ3n) is 5.01. The maximum absolute atomic E-state index is 11.5. The van der Waals surface area contributed by atoms with E-state index in [0.717, 1.165) is 22.4 Å². The summed E-state index contributed by atoms with van der Waals surface area (Å²) in [6, 6.07) is 22.7. The van der Waals surface area contributed by atoms with Crippen molar-refractivity contribution in [1.82, 2.24) is 5.32 Å². The summed E-state index contributed by atoms with van der Waals surface area (Å²) in [5, 5.41) is 2.60. The number of hydrogen-bond donors (Lipinski definition) is 1. The van der Waals surface area contributed by atoms with Crippen LogP contribution in [-0.2, 0) is 11.4 Å². The number of ether oxygens (including phenoxy) is 1. The van der Waals surface area contributed by atoms with E-state index in [-0.39, 0.29) is 5.91 Å². The zero-order valence-corrected chi connectivity index (χ0v) is 20.2. The molecule has 0 saturated heterocycles. The summed E-state index contributed by atoms with van der Waals surface area (Å²) in [7, 11) is 1.62. The molecule has 3 aromatic rings. The van der Waals surface area contributed by atoms with Crippen molar-refractivity contribution in [2.24, 2.45) is 0 Å². The third-order valence-corrected chi connectivity index (χ3v) is 5.01. The fraction of sp³-hybridized carbons (Fsp3) is 0.276. The molecule has 3 aromatic carbocycles. The number of benzene rings is 3. The number of aryl methyl sites for hydroxylation is 2. The van der Waals surface area contributed by atoms with Crippen LogP contribution in [-0.4, -0.2) is 13.0 Å². The molecule has 0 bridgehead atoms. The summed E-state index contributed by atoms with van der Waals surface area (Å²) in [6.45, 7) is 11.0. The van der Waals surface area contributed by atoms with E-state index in [1.165, 1.54) is 28.7 Å². The molecule has 1 N–H and O–H groups in total. The van der Waals surface area contributed by atoms with Gasteiger partial charge in [0.25, 0.3) is 0 Å². The molecule has 0 aliphatic rings. The first-order valence-corrected chi connectivity index (χ1v) is 11.2. The second-order valence-corrected chi connectivity index (χ2v) is 7.93. The van der Waals surface area contributed by atoms with Crippen LogP contribution < -0.4 is 10.1 Å². The van der Waals surface area contributed by atoms with Crippen LogP contribution >= 0.6 is 0 Å². The van der Waals surface area contributed by atoms with E-state index in [1.54, 1.807) is 13.1 Å². The highest BCUT2D eigenvalue weighted by Gasteiger charge is 2.07. The second kappa shape index (κ2) is 12.5. The number of amides is 1. The Morgan fingerprint density at radius 2 is 1.53 bits per heavy atom. The van der Waals surface area contributed by atoms with Gasteiger partial charge in [-0.2, -0.15) is 0 Å². The standard InChI is InChI=1S/C26H27NO2.C3H8/c1-18-7-5-8-19(2)26(18)23-10-6-9-21(16-23)17-29-24-13-11-22(12-14-24)20(3)15-25(28)27-4;1-3-2/h5-16H,17H2,1-4H3,(H,27,28);3H2,1-2H3/b20-15+;. The fourth-order valence-electron chi connectivity index (χ4n) is 3.42. The van der Waals surface area contributed by atoms with Crippen molar-refractivity contribution in [3.8, 4) is 16.9 Å². The van der Waals surface area contributed by atoms with E-state index in [4.69, 9.17) is 4.74 Å². The predicted octanol–water partition coefficient (Wildman–Crippen LogP) is 7.12. The lowest BCUT2D eigenvalue weighted by atomic mass is 9.95. The Balaban J connectivity index is 0.00000114. The molecule has 0 heterocycles. The van der Waals surface area contributed by atoms with Gasteiger partial charge in [0.1, 0.15) is 12.4 Å². The maximum atomic E-state index is 11.5. The quantitative estimate of drug-likeness (QED) is 0.424. The summed E-state index contributed by atoms with van der Waals surface area (Å²) < 4.78 is 5.98. The highest BCUT2D eigenvalue weighted by Crippen LogP contribution is 2.28. The lowest BCUT2D eigenvalue weighted by Crippen LogP contribution is -2.14. The highest BCUT2D eigenvalue weighted by atomic mass is 16.5. The van der Waals surface area contributed by atoms with Crippen LogP contribution in [0.25, 0.3) is 16.7 Å². The highest BCUT2D eigenvalue weighted by molar-refractivity contribution is 5.94. The molecule has 0 fully saturated rings. The molecule has 0 aromatic heterocycles. The lowest BCUT2D eigenvalue weighted by Gasteiger charge is -2.12. The van der Waals surface area contributed by atoms with Gasteiger partial charge in [-0.15, -0.1) is 0 Å². The molecular weight excluding hydrogens is 394 g/mol. The van der Waals surface area contributed by atoms with Crippen LogP contribution in [0.5, 0.6) is 5.75 Å². The smallest absolute Gasteiger partial charge is 0.244 e. The Kier molecular flexibility index (Phi) is 9.75. The first kappa shape index (κ1) is 24.9. The van der Waals surface area contributed by atoms with E-state index >= 15 is 0 Å². The Labute approximate surface area is 193 Å². The SMILES string of the molecule is CCC.CNC(=O)/C=C(\C)c1ccc(OCc2cccc(-c3c(C)cccc3C)c2)cc1. The molecule has 3 heteroatoms. The number of carbonyl (C=O) groups is 1. The predicted molar refractivity (Wildman–Crippen MR) is 136 cm³/mol. The molecule has 0 unspecified atom stereocenters. The minimum absolute atomic E-state index is 0.105. The lowest BCUT2D eigenvalue weighted by molar-refractivity contribution is -0.116. The molecule has 3 rings (SSSR count). The van der Waals surface area contributed by atoms with Crippen LogP contribution in [0, 0.1) is 13.8 Å². The summed E-state index contributed by atoms with van der Waals surface area (Å²) in [6.07, 6.45) is 2.84. The summed E-state index contributed by atoms with van der Waals surface area (Å²) in [5.41, 5.74) is 8.10. The van der Waals surface area contributed by atoms with Crippen molar-refractivity contribution in [2.45, 2.75) is 47.6 Å². The zero-order chi connectivity index (χ0) is 23.5. The third kappa shape index (κ3) is 7.12. The van der Waals surface area contributed by atoms with Gasteiger partial charge < -0.3 is 10.1 Å². The molecule has 0 saturated carbocycles. The molecule has 3 nitrogen and oxygen atoms in total. The van der Waals surface area contributed by atoms with E-state index in [1.807, 2.05) is 31.2 Å². The van der Waals surface area contributed by atoms with Gasteiger partial charge in [0.15, 0.2) is 0 Å². The maximum Gasteiger partial charge on any atom is 0.244 e. The fourth-order valence-corrected chi connectivity index (χ4v) is 3.42. The van der Waals surface area contributed by atoms with Crippen molar-refractivity contribution in [1.29, 1.82) is 0 Å². The summed E-state index contributed by atoms with van der Waals surface area (Å²) in [4.78, 5) is 11.5. The zero-order valence-electron chi connectivity index (χ0n) is 20.2. The van der Waals surface area contributed by atoms with Gasteiger partial charge in [0.2, 0.25) is 5.91 Å². The second-order valence-electron chi connectivity index (χ2n) is 7.93. The number of nitrogens with one attached hydrogen (secondary N) is 1. The van der Waals surface area contributed by atoms with Crippen LogP contribution in [0.3, 0.4) is 0 Å². The minimum Gasteiger partial charge on any atom is -0.489 e. The number of carbonyl (C=O) groups excluding carboxylic acids is 1. The minimum atomic E-state index is -0.105. The van der Waals surface area contributed by atoms with Crippen LogP contribution in [0.15, 0.2) is 72.8 Å². The average molecular weight is 430 g/mol. The van der Waals surface area contributed by atoms with Crippen molar-refractivity contribution < 1.29 is 9.53 Å². The Morgan fingerprint density at radius 3 is 2.12 bits per heavy atom. The first-order chi connectivity index (χ1) is 15.4. The number of hydrogen-bond acceptors (Lipinski definition) is 2. The Bertz CT molecular complexity index is 1030. The first-order valence-electron chi connectivity index (χ1n) is 11.2. The average Bonchev–Trinajstić information content (AvgIpc) is 2.78. The number of allylic oxidation sites excluding steroid dienone is 1. The monoisotopic (exact) mass is 429 g/mol. The molecule has 168 valence electrons. The van der Waals surface area contributed by atoms with Gasteiger partial charge in [-0.25, -0.2) is 0 Å². The van der Waals surface area contributed by atoms with E-state index in [0.29, 0.717) is 6.61 Å².